The average molecular weight is 345 g/mol. The van der Waals surface area contributed by atoms with Gasteiger partial charge in [-0.1, -0.05) is 13.8 Å². The fourth-order valence-corrected chi connectivity index (χ4v) is 3.09. The van der Waals surface area contributed by atoms with Gasteiger partial charge in [0, 0.05) is 18.4 Å². The predicted molar refractivity (Wildman–Crippen MR) is 90.2 cm³/mol. The Morgan fingerprint density at radius 2 is 2.28 bits per heavy atom. The molecule has 3 aromatic heterocycles. The summed E-state index contributed by atoms with van der Waals surface area (Å²) in [6.07, 6.45) is 4.72. The van der Waals surface area contributed by atoms with Crippen molar-refractivity contribution in [3.8, 4) is 11.3 Å². The number of aromatic nitrogens is 6. The second-order valence-corrected chi connectivity index (χ2v) is 6.47. The standard InChI is InChI=1S/C16H20FN7O/c1-9(2)15-14(10-5-19-20-6-10)18-7-13-22-16(23-24(13)15)21-12-3-4-25-8-11(12)17/h5-7,9,11-12H,3-4,8H2,1-2H3,(H,19,20)(H,21,23)/t11-,12+/m1/s1. The van der Waals surface area contributed by atoms with Gasteiger partial charge in [0.25, 0.3) is 0 Å². The van der Waals surface area contributed by atoms with Crippen LogP contribution in [0.2, 0.25) is 0 Å². The van der Waals surface area contributed by atoms with Crippen LogP contribution in [-0.2, 0) is 4.74 Å². The summed E-state index contributed by atoms with van der Waals surface area (Å²) in [5, 5.41) is 14.4. The molecular formula is C16H20FN7O. The van der Waals surface area contributed by atoms with Crippen molar-refractivity contribution in [2.45, 2.75) is 38.4 Å². The number of hydrogen-bond acceptors (Lipinski definition) is 6. The molecule has 0 radical (unpaired) electrons. The summed E-state index contributed by atoms with van der Waals surface area (Å²) in [4.78, 5) is 8.99. The maximum Gasteiger partial charge on any atom is 0.243 e. The number of hydrogen-bond donors (Lipinski definition) is 2. The lowest BCUT2D eigenvalue weighted by Crippen LogP contribution is -2.39. The smallest absolute Gasteiger partial charge is 0.243 e. The van der Waals surface area contributed by atoms with Crippen molar-refractivity contribution in [3.63, 3.8) is 0 Å². The number of fused-ring (bicyclic) bond motifs is 1. The first-order chi connectivity index (χ1) is 12.1. The van der Waals surface area contributed by atoms with E-state index in [4.69, 9.17) is 4.74 Å². The number of halogens is 1. The Kier molecular flexibility index (Phi) is 4.08. The highest BCUT2D eigenvalue weighted by Crippen LogP contribution is 2.27. The molecule has 0 aromatic carbocycles. The number of nitrogens with one attached hydrogen (secondary N) is 2. The molecule has 0 spiro atoms. The molecule has 8 nitrogen and oxygen atoms in total. The molecule has 132 valence electrons. The van der Waals surface area contributed by atoms with Crippen LogP contribution in [0, 0.1) is 0 Å². The first kappa shape index (κ1) is 15.9. The van der Waals surface area contributed by atoms with E-state index in [9.17, 15) is 4.39 Å². The third kappa shape index (κ3) is 2.95. The Morgan fingerprint density at radius 3 is 3.00 bits per heavy atom. The van der Waals surface area contributed by atoms with Crippen molar-refractivity contribution in [1.82, 2.24) is 29.8 Å². The fourth-order valence-electron chi connectivity index (χ4n) is 3.09. The Labute approximate surface area is 143 Å². The Hall–Kier alpha value is -2.55. The maximum atomic E-state index is 14.0. The lowest BCUT2D eigenvalue weighted by Gasteiger charge is -2.26. The second-order valence-electron chi connectivity index (χ2n) is 6.47. The SMILES string of the molecule is CC(C)c1c(-c2cn[nH]c2)ncc2nc(N[C@H]3CCOC[C@H]3F)nn12. The minimum atomic E-state index is -1.07. The minimum absolute atomic E-state index is 0.106. The monoisotopic (exact) mass is 345 g/mol. The Morgan fingerprint density at radius 1 is 1.40 bits per heavy atom. The molecule has 4 heterocycles. The topological polar surface area (TPSA) is 93.0 Å². The number of H-pyrrole nitrogens is 1. The molecule has 0 aliphatic carbocycles. The first-order valence-corrected chi connectivity index (χ1v) is 8.36. The summed E-state index contributed by atoms with van der Waals surface area (Å²) in [7, 11) is 0. The van der Waals surface area contributed by atoms with Crippen molar-refractivity contribution in [1.29, 1.82) is 0 Å². The van der Waals surface area contributed by atoms with Gasteiger partial charge >= 0.3 is 0 Å². The van der Waals surface area contributed by atoms with E-state index in [0.29, 0.717) is 24.6 Å². The van der Waals surface area contributed by atoms with Gasteiger partial charge < -0.3 is 10.1 Å². The van der Waals surface area contributed by atoms with E-state index in [2.05, 4.69) is 44.4 Å². The molecule has 0 unspecified atom stereocenters. The molecular weight excluding hydrogens is 325 g/mol. The molecule has 0 bridgehead atoms. The van der Waals surface area contributed by atoms with Crippen LogP contribution in [0.1, 0.15) is 31.9 Å². The molecule has 0 saturated carbocycles. The maximum absolute atomic E-state index is 14.0. The van der Waals surface area contributed by atoms with Crippen LogP contribution in [-0.4, -0.2) is 55.2 Å². The molecule has 25 heavy (non-hydrogen) atoms. The van der Waals surface area contributed by atoms with Crippen LogP contribution in [0.5, 0.6) is 0 Å². The molecule has 4 rings (SSSR count). The van der Waals surface area contributed by atoms with E-state index in [0.717, 1.165) is 17.0 Å². The average Bonchev–Trinajstić information content (AvgIpc) is 3.24. The summed E-state index contributed by atoms with van der Waals surface area (Å²) < 4.78 is 20.9. The zero-order valence-electron chi connectivity index (χ0n) is 14.1. The second kappa shape index (κ2) is 6.40. The van der Waals surface area contributed by atoms with Crippen LogP contribution >= 0.6 is 0 Å². The summed E-state index contributed by atoms with van der Waals surface area (Å²) in [5.74, 6) is 0.579. The van der Waals surface area contributed by atoms with Gasteiger partial charge in [0.05, 0.1) is 36.4 Å². The van der Waals surface area contributed by atoms with E-state index in [1.807, 2.05) is 0 Å². The van der Waals surface area contributed by atoms with Crippen LogP contribution in [0.4, 0.5) is 10.3 Å². The number of alkyl halides is 1. The largest absolute Gasteiger partial charge is 0.378 e. The van der Waals surface area contributed by atoms with Gasteiger partial charge in [-0.2, -0.15) is 10.1 Å². The van der Waals surface area contributed by atoms with Crippen molar-refractivity contribution in [2.24, 2.45) is 0 Å². The van der Waals surface area contributed by atoms with Gasteiger partial charge in [-0.3, -0.25) is 10.1 Å². The third-order valence-electron chi connectivity index (χ3n) is 4.33. The van der Waals surface area contributed by atoms with Gasteiger partial charge in [0.15, 0.2) is 5.65 Å². The fraction of sp³-hybridized carbons (Fsp3) is 0.500. The van der Waals surface area contributed by atoms with E-state index < -0.39 is 6.17 Å². The van der Waals surface area contributed by atoms with Crippen LogP contribution < -0.4 is 5.32 Å². The van der Waals surface area contributed by atoms with Crippen molar-refractivity contribution in [2.75, 3.05) is 18.5 Å². The molecule has 3 aromatic rings. The van der Waals surface area contributed by atoms with E-state index in [-0.39, 0.29) is 18.6 Å². The van der Waals surface area contributed by atoms with Crippen molar-refractivity contribution >= 4 is 11.6 Å². The Bertz CT molecular complexity index is 861. The molecule has 2 N–H and O–H groups in total. The lowest BCUT2D eigenvalue weighted by molar-refractivity contribution is 0.0284. The van der Waals surface area contributed by atoms with Crippen molar-refractivity contribution < 1.29 is 9.13 Å². The number of nitrogens with zero attached hydrogens (tertiary/aromatic N) is 5. The molecule has 1 saturated heterocycles. The third-order valence-corrected chi connectivity index (χ3v) is 4.33. The van der Waals surface area contributed by atoms with Gasteiger partial charge in [-0.25, -0.2) is 8.91 Å². The summed E-state index contributed by atoms with van der Waals surface area (Å²) in [6.45, 7) is 4.79. The highest BCUT2D eigenvalue weighted by Gasteiger charge is 2.27. The molecule has 1 aliphatic heterocycles. The zero-order valence-corrected chi connectivity index (χ0v) is 14.1. The van der Waals surface area contributed by atoms with Gasteiger partial charge in [-0.15, -0.1) is 5.10 Å². The number of aromatic amines is 1. The quantitative estimate of drug-likeness (QED) is 0.753. The number of ether oxygens (including phenoxy) is 1. The van der Waals surface area contributed by atoms with Crippen LogP contribution in [0.25, 0.3) is 16.9 Å². The molecule has 9 heteroatoms. The highest BCUT2D eigenvalue weighted by molar-refractivity contribution is 5.62. The van der Waals surface area contributed by atoms with Gasteiger partial charge in [0.1, 0.15) is 6.17 Å². The van der Waals surface area contributed by atoms with E-state index in [1.54, 1.807) is 23.1 Å². The first-order valence-electron chi connectivity index (χ1n) is 8.36. The van der Waals surface area contributed by atoms with E-state index >= 15 is 0 Å². The van der Waals surface area contributed by atoms with Crippen LogP contribution in [0.3, 0.4) is 0 Å². The number of anilines is 1. The summed E-state index contributed by atoms with van der Waals surface area (Å²) in [6, 6.07) is -0.338. The summed E-state index contributed by atoms with van der Waals surface area (Å²) >= 11 is 0. The highest BCUT2D eigenvalue weighted by atomic mass is 19.1. The van der Waals surface area contributed by atoms with Gasteiger partial charge in [0.2, 0.25) is 5.95 Å². The minimum Gasteiger partial charge on any atom is -0.378 e. The van der Waals surface area contributed by atoms with Crippen molar-refractivity contribution in [3.05, 3.63) is 24.3 Å². The van der Waals surface area contributed by atoms with Crippen LogP contribution in [0.15, 0.2) is 18.6 Å². The molecule has 0 amide bonds. The normalized spacial score (nSPS) is 21.1. The Balaban J connectivity index is 1.73. The lowest BCUT2D eigenvalue weighted by atomic mass is 10.0. The molecule has 1 aliphatic rings. The number of rotatable bonds is 4. The summed E-state index contributed by atoms with van der Waals surface area (Å²) in [5.41, 5.74) is 3.26. The van der Waals surface area contributed by atoms with Gasteiger partial charge in [-0.05, 0) is 12.3 Å². The molecule has 1 fully saturated rings. The van der Waals surface area contributed by atoms with E-state index in [1.165, 1.54) is 0 Å². The molecule has 2 atom stereocenters. The predicted octanol–water partition coefficient (Wildman–Crippen LogP) is 2.18. The zero-order chi connectivity index (χ0) is 17.4.